The number of piperidine rings is 3. The number of benzene rings is 1. The molecule has 0 aliphatic carbocycles. The fourth-order valence-electron chi connectivity index (χ4n) is 3.70. The summed E-state index contributed by atoms with van der Waals surface area (Å²) in [7, 11) is 0. The molecule has 1 atom stereocenters. The van der Waals surface area contributed by atoms with Crippen LogP contribution in [0.3, 0.4) is 0 Å². The van der Waals surface area contributed by atoms with Crippen LogP contribution in [0.25, 0.3) is 11.1 Å². The Bertz CT molecular complexity index is 712. The lowest BCUT2D eigenvalue weighted by Crippen LogP contribution is -2.48. The number of nitrogens with one attached hydrogen (secondary N) is 1. The van der Waals surface area contributed by atoms with Crippen LogP contribution in [0.4, 0.5) is 0 Å². The van der Waals surface area contributed by atoms with E-state index in [0.29, 0.717) is 22.5 Å². The molecule has 0 amide bonds. The van der Waals surface area contributed by atoms with E-state index in [1.165, 1.54) is 25.9 Å². The first-order valence-corrected chi connectivity index (χ1v) is 7.88. The van der Waals surface area contributed by atoms with Gasteiger partial charge in [-0.05, 0) is 49.5 Å². The molecule has 0 radical (unpaired) electrons. The maximum atomic E-state index is 12.3. The Morgan fingerprint density at radius 1 is 1.24 bits per heavy atom. The Balaban J connectivity index is 1.70. The van der Waals surface area contributed by atoms with Gasteiger partial charge >= 0.3 is 0 Å². The summed E-state index contributed by atoms with van der Waals surface area (Å²) < 4.78 is 2.02. The van der Waals surface area contributed by atoms with E-state index in [-0.39, 0.29) is 5.56 Å². The van der Waals surface area contributed by atoms with E-state index in [4.69, 9.17) is 11.6 Å². The van der Waals surface area contributed by atoms with Gasteiger partial charge in [0.05, 0.1) is 11.6 Å². The van der Waals surface area contributed by atoms with E-state index < -0.39 is 0 Å². The van der Waals surface area contributed by atoms with Crippen molar-refractivity contribution >= 4 is 11.6 Å². The number of rotatable bonds is 2. The van der Waals surface area contributed by atoms with Gasteiger partial charge in [-0.15, -0.1) is 0 Å². The second-order valence-electron chi connectivity index (χ2n) is 6.11. The summed E-state index contributed by atoms with van der Waals surface area (Å²) in [6.45, 7) is 3.45. The number of aromatic nitrogens is 2. The van der Waals surface area contributed by atoms with Gasteiger partial charge in [0.1, 0.15) is 0 Å². The van der Waals surface area contributed by atoms with Gasteiger partial charge in [0.2, 0.25) is 0 Å². The molecule has 1 N–H and O–H groups in total. The third kappa shape index (κ3) is 2.32. The van der Waals surface area contributed by atoms with E-state index in [1.807, 2.05) is 35.1 Å². The monoisotopic (exact) mass is 303 g/mol. The maximum absolute atomic E-state index is 12.3. The number of nitrogens with zero attached hydrogens (tertiary/aromatic N) is 2. The Kier molecular flexibility index (Phi) is 3.16. The summed E-state index contributed by atoms with van der Waals surface area (Å²) >= 11 is 6.03. The van der Waals surface area contributed by atoms with Crippen molar-refractivity contribution in [3.05, 3.63) is 45.8 Å². The molecule has 3 aliphatic heterocycles. The summed E-state index contributed by atoms with van der Waals surface area (Å²) in [6.07, 6.45) is 4.43. The summed E-state index contributed by atoms with van der Waals surface area (Å²) in [5.41, 5.74) is 1.55. The van der Waals surface area contributed by atoms with Crippen molar-refractivity contribution in [2.24, 2.45) is 5.92 Å². The first-order valence-electron chi connectivity index (χ1n) is 7.50. The molecule has 2 bridgehead atoms. The van der Waals surface area contributed by atoms with E-state index in [9.17, 15) is 4.79 Å². The molecular weight excluding hydrogens is 286 g/mol. The van der Waals surface area contributed by atoms with Crippen LogP contribution >= 0.6 is 11.6 Å². The molecule has 1 aromatic heterocycles. The van der Waals surface area contributed by atoms with Gasteiger partial charge < -0.3 is 4.90 Å². The lowest BCUT2D eigenvalue weighted by molar-refractivity contribution is 0.0511. The van der Waals surface area contributed by atoms with Crippen LogP contribution in [-0.4, -0.2) is 34.3 Å². The molecule has 0 spiro atoms. The van der Waals surface area contributed by atoms with Crippen LogP contribution in [0, 0.1) is 5.92 Å². The van der Waals surface area contributed by atoms with Crippen molar-refractivity contribution in [1.29, 1.82) is 0 Å². The average molecular weight is 304 g/mol. The van der Waals surface area contributed by atoms with E-state index in [1.54, 1.807) is 0 Å². The van der Waals surface area contributed by atoms with Crippen LogP contribution < -0.4 is 5.56 Å². The molecule has 5 rings (SSSR count). The van der Waals surface area contributed by atoms with Crippen molar-refractivity contribution in [1.82, 2.24) is 14.7 Å². The number of H-pyrrole nitrogens is 1. The number of hydrogen-bond donors (Lipinski definition) is 1. The van der Waals surface area contributed by atoms with Gasteiger partial charge in [0.15, 0.2) is 0 Å². The highest BCUT2D eigenvalue weighted by atomic mass is 35.5. The van der Waals surface area contributed by atoms with Crippen molar-refractivity contribution in [3.63, 3.8) is 0 Å². The summed E-state index contributed by atoms with van der Waals surface area (Å²) in [4.78, 5) is 14.8. The van der Waals surface area contributed by atoms with Gasteiger partial charge in [-0.3, -0.25) is 14.6 Å². The van der Waals surface area contributed by atoms with Crippen molar-refractivity contribution < 1.29 is 0 Å². The topological polar surface area (TPSA) is 41.0 Å². The highest BCUT2D eigenvalue weighted by Crippen LogP contribution is 2.35. The van der Waals surface area contributed by atoms with Crippen LogP contribution in [0.1, 0.15) is 18.9 Å². The van der Waals surface area contributed by atoms with Crippen molar-refractivity contribution in [2.45, 2.75) is 18.9 Å². The molecule has 21 heavy (non-hydrogen) atoms. The van der Waals surface area contributed by atoms with Gasteiger partial charge in [-0.2, -0.15) is 0 Å². The summed E-state index contributed by atoms with van der Waals surface area (Å²) in [5.74, 6) is 0.685. The van der Waals surface area contributed by atoms with E-state index >= 15 is 0 Å². The fourth-order valence-corrected chi connectivity index (χ4v) is 3.89. The molecule has 0 saturated carbocycles. The second kappa shape index (κ2) is 5.04. The normalized spacial score (nSPS) is 28.0. The van der Waals surface area contributed by atoms with Crippen molar-refractivity contribution in [2.75, 3.05) is 19.6 Å². The highest BCUT2D eigenvalue weighted by Gasteiger charge is 2.35. The van der Waals surface area contributed by atoms with E-state index in [2.05, 4.69) is 10.00 Å². The zero-order valence-electron chi connectivity index (χ0n) is 11.8. The lowest BCUT2D eigenvalue weighted by Gasteiger charge is -2.44. The third-order valence-electron chi connectivity index (χ3n) is 4.86. The van der Waals surface area contributed by atoms with Crippen LogP contribution in [0.15, 0.2) is 35.3 Å². The zero-order valence-corrected chi connectivity index (χ0v) is 12.5. The number of fused-ring (bicyclic) bond motifs is 3. The molecule has 110 valence electrons. The maximum Gasteiger partial charge on any atom is 0.271 e. The Hall–Kier alpha value is -1.52. The number of aromatic amines is 1. The molecule has 4 heterocycles. The predicted octanol–water partition coefficient (Wildman–Crippen LogP) is 2.76. The molecule has 1 unspecified atom stereocenters. The zero-order chi connectivity index (χ0) is 14.4. The van der Waals surface area contributed by atoms with E-state index in [0.717, 1.165) is 12.1 Å². The van der Waals surface area contributed by atoms with Gasteiger partial charge in [-0.25, -0.2) is 0 Å². The SMILES string of the molecule is O=c1[nH]n(C2CN3CCC2CC3)cc1-c1cccc(Cl)c1. The molecule has 1 aromatic carbocycles. The fraction of sp³-hybridized carbons (Fsp3) is 0.438. The number of halogens is 1. The highest BCUT2D eigenvalue weighted by molar-refractivity contribution is 6.30. The largest absolute Gasteiger partial charge is 0.301 e. The average Bonchev–Trinajstić information content (AvgIpc) is 2.90. The van der Waals surface area contributed by atoms with Crippen LogP contribution in [-0.2, 0) is 0 Å². The second-order valence-corrected chi connectivity index (χ2v) is 6.54. The first-order chi connectivity index (χ1) is 10.2. The Morgan fingerprint density at radius 3 is 2.71 bits per heavy atom. The minimum atomic E-state index is -0.0336. The predicted molar refractivity (Wildman–Crippen MR) is 83.7 cm³/mol. The molecule has 2 aromatic rings. The summed E-state index contributed by atoms with van der Waals surface area (Å²) in [6, 6.07) is 7.87. The smallest absolute Gasteiger partial charge is 0.271 e. The van der Waals surface area contributed by atoms with Crippen LogP contribution in [0.2, 0.25) is 5.02 Å². The molecule has 3 saturated heterocycles. The minimum absolute atomic E-state index is 0.0336. The van der Waals surface area contributed by atoms with Crippen LogP contribution in [0.5, 0.6) is 0 Å². The Morgan fingerprint density at radius 2 is 2.05 bits per heavy atom. The van der Waals surface area contributed by atoms with Gasteiger partial charge in [0, 0.05) is 17.8 Å². The Labute approximate surface area is 128 Å². The first kappa shape index (κ1) is 13.2. The molecule has 3 fully saturated rings. The lowest BCUT2D eigenvalue weighted by atomic mass is 9.84. The number of hydrogen-bond acceptors (Lipinski definition) is 2. The standard InChI is InChI=1S/C16H18ClN3O/c17-13-3-1-2-12(8-13)14-9-20(18-16(14)21)15-10-19-6-4-11(15)5-7-19/h1-3,8-9,11,15H,4-7,10H2,(H,18,21). The molecule has 4 nitrogen and oxygen atoms in total. The van der Waals surface area contributed by atoms with Gasteiger partial charge in [0.25, 0.3) is 5.56 Å². The molecule has 3 aliphatic rings. The molecular formula is C16H18ClN3O. The molecule has 5 heteroatoms. The van der Waals surface area contributed by atoms with Gasteiger partial charge in [-0.1, -0.05) is 23.7 Å². The quantitative estimate of drug-likeness (QED) is 0.927. The van der Waals surface area contributed by atoms with Crippen molar-refractivity contribution in [3.8, 4) is 11.1 Å². The third-order valence-corrected chi connectivity index (χ3v) is 5.09. The summed E-state index contributed by atoms with van der Waals surface area (Å²) in [5, 5.41) is 3.66. The minimum Gasteiger partial charge on any atom is -0.301 e.